The van der Waals surface area contributed by atoms with E-state index >= 15 is 4.79 Å². The van der Waals surface area contributed by atoms with Crippen molar-refractivity contribution < 1.29 is 24.2 Å². The predicted octanol–water partition coefficient (Wildman–Crippen LogP) is 6.68. The van der Waals surface area contributed by atoms with Gasteiger partial charge in [0, 0.05) is 37.2 Å². The Hall–Kier alpha value is -3.27. The average molecular weight is 694 g/mol. The molecule has 2 bridgehead atoms. The topological polar surface area (TPSA) is 90.4 Å². The van der Waals surface area contributed by atoms with E-state index < -0.39 is 22.6 Å². The molecule has 258 valence electrons. The number of hydrogen-bond acceptors (Lipinski definition) is 6. The fourth-order valence-corrected chi connectivity index (χ4v) is 10.9. The van der Waals surface area contributed by atoms with Crippen LogP contribution in [0, 0.1) is 24.7 Å². The lowest BCUT2D eigenvalue weighted by atomic mass is 9.65. The van der Waals surface area contributed by atoms with Crippen LogP contribution in [0.4, 0.5) is 11.4 Å². The maximum atomic E-state index is 15.1. The minimum atomic E-state index is -0.780. The van der Waals surface area contributed by atoms with E-state index in [-0.39, 0.29) is 42.0 Å². The molecule has 8 nitrogen and oxygen atoms in total. The Morgan fingerprint density at radius 2 is 1.75 bits per heavy atom. The number of fused-ring (bicyclic) bond motifs is 1. The van der Waals surface area contributed by atoms with Gasteiger partial charge in [-0.25, -0.2) is 0 Å². The lowest BCUT2D eigenvalue weighted by Gasteiger charge is -2.41. The van der Waals surface area contributed by atoms with Crippen LogP contribution in [-0.2, 0) is 14.4 Å². The van der Waals surface area contributed by atoms with E-state index in [1.807, 2.05) is 50.2 Å². The Morgan fingerprint density at radius 3 is 2.40 bits per heavy atom. The number of thioether (sulfide) groups is 1. The van der Waals surface area contributed by atoms with Crippen molar-refractivity contribution in [3.63, 3.8) is 0 Å². The van der Waals surface area contributed by atoms with Crippen molar-refractivity contribution in [2.75, 3.05) is 42.6 Å². The number of unbranched alkanes of at least 4 members (excludes halogenated alkanes) is 3. The third-order valence-electron chi connectivity index (χ3n) is 10.1. The van der Waals surface area contributed by atoms with Gasteiger partial charge in [-0.3, -0.25) is 14.4 Å². The van der Waals surface area contributed by atoms with E-state index in [9.17, 15) is 14.7 Å². The number of carbonyl (C=O) groups is 3. The zero-order valence-electron chi connectivity index (χ0n) is 28.3. The first-order valence-corrected chi connectivity index (χ1v) is 18.3. The molecule has 48 heavy (non-hydrogen) atoms. The van der Waals surface area contributed by atoms with Crippen LogP contribution in [-0.4, -0.2) is 76.6 Å². The van der Waals surface area contributed by atoms with Crippen molar-refractivity contribution in [1.29, 1.82) is 0 Å². The van der Waals surface area contributed by atoms with Gasteiger partial charge in [-0.15, -0.1) is 24.9 Å². The van der Waals surface area contributed by atoms with Gasteiger partial charge in [-0.1, -0.05) is 55.7 Å². The smallest absolute Gasteiger partial charge is 0.251 e. The maximum Gasteiger partial charge on any atom is 0.251 e. The van der Waals surface area contributed by atoms with Crippen LogP contribution in [0.15, 0.2) is 67.8 Å². The molecule has 10 heteroatoms. The second-order valence-electron chi connectivity index (χ2n) is 13.0. The summed E-state index contributed by atoms with van der Waals surface area (Å²) < 4.78 is 4.85. The molecule has 3 fully saturated rings. The molecule has 0 aromatic heterocycles. The Labute approximate surface area is 294 Å². The summed E-state index contributed by atoms with van der Waals surface area (Å²) in [5.41, 5.74) is 2.18. The summed E-state index contributed by atoms with van der Waals surface area (Å²) in [5.74, 6) is -0.942. The molecule has 2 aromatic carbocycles. The van der Waals surface area contributed by atoms with Crippen molar-refractivity contribution >= 4 is 52.5 Å². The summed E-state index contributed by atoms with van der Waals surface area (Å²) in [6.45, 7) is 15.4. The molecule has 0 aliphatic carbocycles. The molecule has 3 aliphatic rings. The Bertz CT molecular complexity index is 1500. The van der Waals surface area contributed by atoms with Gasteiger partial charge in [0.15, 0.2) is 0 Å². The quantitative estimate of drug-likeness (QED) is 0.156. The van der Waals surface area contributed by atoms with E-state index in [0.717, 1.165) is 30.6 Å². The van der Waals surface area contributed by atoms with Crippen LogP contribution in [0.5, 0.6) is 5.75 Å². The molecular formula is C38H48ClN3O5S. The van der Waals surface area contributed by atoms with E-state index in [1.54, 1.807) is 44.7 Å². The van der Waals surface area contributed by atoms with Gasteiger partial charge in [0.25, 0.3) is 5.91 Å². The zero-order chi connectivity index (χ0) is 34.6. The van der Waals surface area contributed by atoms with Gasteiger partial charge < -0.3 is 24.5 Å². The monoisotopic (exact) mass is 693 g/mol. The van der Waals surface area contributed by atoms with E-state index in [0.29, 0.717) is 48.9 Å². The highest BCUT2D eigenvalue weighted by atomic mass is 35.5. The highest BCUT2D eigenvalue weighted by Gasteiger charge is 2.76. The fourth-order valence-electron chi connectivity index (χ4n) is 8.12. The van der Waals surface area contributed by atoms with Crippen LogP contribution < -0.4 is 14.5 Å². The fraction of sp³-hybridized carbons (Fsp3) is 0.500. The van der Waals surface area contributed by atoms with Crippen molar-refractivity contribution in [3.05, 3.63) is 78.4 Å². The van der Waals surface area contributed by atoms with Crippen molar-refractivity contribution in [1.82, 2.24) is 4.90 Å². The lowest BCUT2D eigenvalue weighted by molar-refractivity contribution is -0.139. The molecular weight excluding hydrogens is 646 g/mol. The molecule has 5 rings (SSSR count). The van der Waals surface area contributed by atoms with Crippen molar-refractivity contribution in [2.24, 2.45) is 17.8 Å². The number of halogens is 1. The largest absolute Gasteiger partial charge is 0.494 e. The lowest BCUT2D eigenvalue weighted by Crippen LogP contribution is -2.58. The number of anilines is 2. The van der Waals surface area contributed by atoms with Gasteiger partial charge in [0.05, 0.1) is 33.9 Å². The Kier molecular flexibility index (Phi) is 11.6. The summed E-state index contributed by atoms with van der Waals surface area (Å²) in [7, 11) is 0. The summed E-state index contributed by atoms with van der Waals surface area (Å²) in [6, 6.07) is 12.2. The number of rotatable bonds is 16. The molecule has 3 heterocycles. The first-order valence-electron chi connectivity index (χ1n) is 17.1. The SMILES string of the molecule is C=CCN(C(=O)[C@@H]1[C@H]2C(=O)N(CCCCCCO)C(C(=O)N(CC=C)c3c(C)cccc3Cl)C23S[C@@H]1CC3C)c1ccc(OCC)cc1. The minimum Gasteiger partial charge on any atom is -0.494 e. The number of carbonyl (C=O) groups excluding carboxylic acids is 3. The van der Waals surface area contributed by atoms with E-state index in [4.69, 9.17) is 16.3 Å². The maximum absolute atomic E-state index is 15.1. The zero-order valence-corrected chi connectivity index (χ0v) is 29.8. The second-order valence-corrected chi connectivity index (χ2v) is 15.0. The third-order valence-corrected chi connectivity index (χ3v) is 12.5. The number of ether oxygens (including phenoxy) is 1. The molecule has 3 unspecified atom stereocenters. The number of aryl methyl sites for hydroxylation is 1. The third kappa shape index (κ3) is 6.41. The molecule has 3 amide bonds. The van der Waals surface area contributed by atoms with E-state index in [2.05, 4.69) is 20.1 Å². The van der Waals surface area contributed by atoms with Gasteiger partial charge in [0.2, 0.25) is 11.8 Å². The van der Waals surface area contributed by atoms with Crippen LogP contribution in [0.2, 0.25) is 5.02 Å². The molecule has 0 saturated carbocycles. The van der Waals surface area contributed by atoms with Gasteiger partial charge in [-0.05, 0) is 74.9 Å². The molecule has 2 aromatic rings. The highest BCUT2D eigenvalue weighted by Crippen LogP contribution is 2.69. The molecule has 0 radical (unpaired) electrons. The van der Waals surface area contributed by atoms with E-state index in [1.165, 1.54) is 0 Å². The number of hydrogen-bond donors (Lipinski definition) is 1. The first kappa shape index (κ1) is 36.0. The Balaban J connectivity index is 1.56. The van der Waals surface area contributed by atoms with Crippen molar-refractivity contribution in [3.8, 4) is 5.75 Å². The van der Waals surface area contributed by atoms with Crippen molar-refractivity contribution in [2.45, 2.75) is 68.9 Å². The number of nitrogens with zero attached hydrogens (tertiary/aromatic N) is 3. The summed E-state index contributed by atoms with van der Waals surface area (Å²) in [4.78, 5) is 49.7. The summed E-state index contributed by atoms with van der Waals surface area (Å²) >= 11 is 8.41. The minimum absolute atomic E-state index is 0.0232. The molecule has 6 atom stereocenters. The van der Waals surface area contributed by atoms with Gasteiger partial charge >= 0.3 is 0 Å². The Morgan fingerprint density at radius 1 is 1.06 bits per heavy atom. The summed E-state index contributed by atoms with van der Waals surface area (Å²) in [5, 5.41) is 9.66. The van der Waals surface area contributed by atoms with Gasteiger partial charge in [-0.2, -0.15) is 0 Å². The normalized spacial score (nSPS) is 25.6. The second kappa shape index (κ2) is 15.5. The van der Waals surface area contributed by atoms with Crippen LogP contribution in [0.1, 0.15) is 51.5 Å². The number of likely N-dealkylation sites (tertiary alicyclic amines) is 1. The summed E-state index contributed by atoms with van der Waals surface area (Å²) in [6.07, 6.45) is 7.16. The average Bonchev–Trinajstić information content (AvgIpc) is 3.66. The molecule has 3 saturated heterocycles. The number of para-hydroxylation sites is 1. The van der Waals surface area contributed by atoms with Crippen LogP contribution in [0.3, 0.4) is 0 Å². The first-order chi connectivity index (χ1) is 23.2. The number of aliphatic hydroxyl groups is 1. The molecule has 1 N–H and O–H groups in total. The predicted molar refractivity (Wildman–Crippen MR) is 195 cm³/mol. The number of amides is 3. The molecule has 3 aliphatic heterocycles. The van der Waals surface area contributed by atoms with Crippen LogP contribution >= 0.6 is 23.4 Å². The number of aliphatic hydroxyl groups excluding tert-OH is 1. The van der Waals surface area contributed by atoms with Gasteiger partial charge in [0.1, 0.15) is 11.8 Å². The molecule has 1 spiro atoms. The highest BCUT2D eigenvalue weighted by molar-refractivity contribution is 8.02. The number of benzene rings is 2. The van der Waals surface area contributed by atoms with Crippen LogP contribution in [0.25, 0.3) is 0 Å². The standard InChI is InChI=1S/C38H48ClN3O5S/c1-6-20-40(27-16-18-28(19-17-27)47-8-3)35(44)31-30-24-26(5)38(48-30)32(31)36(45)42(22-11-9-10-12-23-43)34(38)37(46)41(21-7-2)33-25(4)14-13-15-29(33)39/h6-7,13-19,26,30-32,34,43H,1-2,8-12,20-24H2,3-5H3/t26?,30-,31+,32+,34?,38?/m1/s1.